The normalized spacial score (nSPS) is 19.7. The topological polar surface area (TPSA) is 65.0 Å². The molecule has 0 radical (unpaired) electrons. The molecule has 1 heterocycles. The van der Waals surface area contributed by atoms with Crippen LogP contribution in [0.4, 0.5) is 4.39 Å². The Labute approximate surface area is 135 Å². The van der Waals surface area contributed by atoms with Gasteiger partial charge in [-0.25, -0.2) is 9.18 Å². The van der Waals surface area contributed by atoms with E-state index in [-0.39, 0.29) is 16.9 Å². The van der Waals surface area contributed by atoms with Crippen molar-refractivity contribution in [1.82, 2.24) is 0 Å². The number of ether oxygens (including phenoxy) is 1. The van der Waals surface area contributed by atoms with Gasteiger partial charge in [0, 0.05) is 5.56 Å². The van der Waals surface area contributed by atoms with E-state index in [1.807, 2.05) is 27.7 Å². The summed E-state index contributed by atoms with van der Waals surface area (Å²) in [6.45, 7) is 7.51. The number of carbonyl (C=O) groups is 1. The van der Waals surface area contributed by atoms with Gasteiger partial charge in [0.2, 0.25) is 0 Å². The minimum atomic E-state index is -1.14. The molecule has 0 amide bonds. The zero-order valence-corrected chi connectivity index (χ0v) is 13.8. The molecule has 2 rings (SSSR count). The van der Waals surface area contributed by atoms with Gasteiger partial charge in [0.1, 0.15) is 17.1 Å². The second kappa shape index (κ2) is 5.98. The highest BCUT2D eigenvalue weighted by Gasteiger charge is 2.50. The van der Waals surface area contributed by atoms with Crippen molar-refractivity contribution in [3.8, 4) is 5.75 Å². The van der Waals surface area contributed by atoms with E-state index in [9.17, 15) is 9.18 Å². The van der Waals surface area contributed by atoms with E-state index in [0.717, 1.165) is 0 Å². The Morgan fingerprint density at radius 2 is 1.83 bits per heavy atom. The first kappa shape index (κ1) is 17.5. The highest BCUT2D eigenvalue weighted by Crippen LogP contribution is 2.38. The van der Waals surface area contributed by atoms with Crippen LogP contribution in [-0.4, -0.2) is 36.5 Å². The molecule has 0 saturated carbocycles. The van der Waals surface area contributed by atoms with Crippen LogP contribution in [0.5, 0.6) is 5.75 Å². The van der Waals surface area contributed by atoms with Crippen molar-refractivity contribution in [1.29, 1.82) is 0 Å². The highest BCUT2D eigenvalue weighted by atomic mass is 19.1. The zero-order chi connectivity index (χ0) is 17.4. The molecule has 0 aromatic heterocycles. The van der Waals surface area contributed by atoms with Crippen molar-refractivity contribution in [2.45, 2.75) is 38.9 Å². The Kier molecular flexibility index (Phi) is 4.55. The molecule has 0 bridgehead atoms. The summed E-state index contributed by atoms with van der Waals surface area (Å²) in [6.07, 6.45) is 0. The molecule has 0 atom stereocenters. The first-order valence-corrected chi connectivity index (χ1v) is 7.22. The predicted octanol–water partition coefficient (Wildman–Crippen LogP) is 3.34. The molecule has 1 saturated heterocycles. The molecule has 5 nitrogen and oxygen atoms in total. The third-order valence-electron chi connectivity index (χ3n) is 4.26. The van der Waals surface area contributed by atoms with E-state index in [1.54, 1.807) is 0 Å². The van der Waals surface area contributed by atoms with Crippen molar-refractivity contribution in [2.24, 2.45) is 0 Å². The Morgan fingerprint density at radius 1 is 1.26 bits per heavy atom. The second-order valence-corrected chi connectivity index (χ2v) is 6.36. The monoisotopic (exact) mass is 322 g/mol. The summed E-state index contributed by atoms with van der Waals surface area (Å²) < 4.78 is 30.9. The van der Waals surface area contributed by atoms with Gasteiger partial charge in [-0.05, 0) is 45.8 Å². The fraction of sp³-hybridized carbons (Fsp3) is 0.438. The second-order valence-electron chi connectivity index (χ2n) is 6.36. The van der Waals surface area contributed by atoms with E-state index in [1.165, 1.54) is 31.3 Å². The summed E-state index contributed by atoms with van der Waals surface area (Å²) in [7, 11) is 0.520. The van der Waals surface area contributed by atoms with Crippen LogP contribution in [0.3, 0.4) is 0 Å². The molecular formula is C16H20BFO5. The van der Waals surface area contributed by atoms with E-state index >= 15 is 0 Å². The van der Waals surface area contributed by atoms with Crippen LogP contribution in [0.1, 0.15) is 43.6 Å². The number of benzene rings is 1. The standard InChI is InChI=1S/C16H20BFO5/c1-15(2)16(3,4)23-17(22-15)9-12(18)10-6-7-11(14(19)20)13(8-10)21-5/h6-9H,1-5H3,(H,19,20). The molecule has 1 aromatic rings. The molecule has 7 heteroatoms. The summed E-state index contributed by atoms with van der Waals surface area (Å²) >= 11 is 0. The number of hydrogen-bond donors (Lipinski definition) is 1. The van der Waals surface area contributed by atoms with Gasteiger partial charge >= 0.3 is 13.1 Å². The number of carboxylic acids is 1. The lowest BCUT2D eigenvalue weighted by Crippen LogP contribution is -2.41. The highest BCUT2D eigenvalue weighted by molar-refractivity contribution is 6.53. The van der Waals surface area contributed by atoms with Gasteiger partial charge in [-0.2, -0.15) is 0 Å². The lowest BCUT2D eigenvalue weighted by molar-refractivity contribution is 0.00578. The molecule has 0 spiro atoms. The third-order valence-corrected chi connectivity index (χ3v) is 4.26. The van der Waals surface area contributed by atoms with Crippen LogP contribution in [-0.2, 0) is 9.31 Å². The zero-order valence-electron chi connectivity index (χ0n) is 13.8. The quantitative estimate of drug-likeness (QED) is 0.861. The minimum absolute atomic E-state index is 0.0281. The first-order chi connectivity index (χ1) is 10.6. The van der Waals surface area contributed by atoms with Crippen molar-refractivity contribution < 1.29 is 28.3 Å². The van der Waals surface area contributed by atoms with Gasteiger partial charge in [-0.1, -0.05) is 6.07 Å². The average molecular weight is 322 g/mol. The Morgan fingerprint density at radius 3 is 2.30 bits per heavy atom. The van der Waals surface area contributed by atoms with Crippen LogP contribution >= 0.6 is 0 Å². The van der Waals surface area contributed by atoms with Crippen molar-refractivity contribution in [2.75, 3.05) is 7.11 Å². The van der Waals surface area contributed by atoms with Crippen LogP contribution in [0.25, 0.3) is 5.83 Å². The summed E-state index contributed by atoms with van der Waals surface area (Å²) in [5, 5.41) is 9.04. The Balaban J connectivity index is 2.27. The molecule has 1 aliphatic rings. The fourth-order valence-corrected chi connectivity index (χ4v) is 2.19. The number of methoxy groups -OCH3 is 1. The van der Waals surface area contributed by atoms with Crippen LogP contribution in [0.15, 0.2) is 24.2 Å². The summed E-state index contributed by atoms with van der Waals surface area (Å²) in [4.78, 5) is 11.1. The van der Waals surface area contributed by atoms with Gasteiger partial charge in [0.05, 0.1) is 18.3 Å². The number of carboxylic acid groups (broad SMARTS) is 1. The maximum absolute atomic E-state index is 14.4. The SMILES string of the molecule is COc1cc(C(F)=CB2OC(C)(C)C(C)(C)O2)ccc1C(=O)O. The first-order valence-electron chi connectivity index (χ1n) is 7.22. The van der Waals surface area contributed by atoms with E-state index in [0.29, 0.717) is 0 Å². The van der Waals surface area contributed by atoms with Crippen LogP contribution in [0.2, 0.25) is 0 Å². The smallest absolute Gasteiger partial charge is 0.490 e. The summed E-state index contributed by atoms with van der Waals surface area (Å²) in [5.74, 6) is -0.388. The number of hydrogen-bond acceptors (Lipinski definition) is 4. The van der Waals surface area contributed by atoms with Crippen molar-refractivity contribution >= 4 is 18.9 Å². The maximum atomic E-state index is 14.4. The van der Waals surface area contributed by atoms with E-state index in [2.05, 4.69) is 0 Å². The number of aromatic carboxylic acids is 1. The predicted molar refractivity (Wildman–Crippen MR) is 85.1 cm³/mol. The van der Waals surface area contributed by atoms with E-state index < -0.39 is 30.1 Å². The van der Waals surface area contributed by atoms with Gasteiger partial charge < -0.3 is 19.2 Å². The molecule has 124 valence electrons. The van der Waals surface area contributed by atoms with Crippen LogP contribution < -0.4 is 4.74 Å². The molecule has 23 heavy (non-hydrogen) atoms. The fourth-order valence-electron chi connectivity index (χ4n) is 2.19. The third kappa shape index (κ3) is 3.40. The summed E-state index contributed by atoms with van der Waals surface area (Å²) in [5.41, 5.74) is -0.945. The van der Waals surface area contributed by atoms with E-state index in [4.69, 9.17) is 19.2 Å². The largest absolute Gasteiger partial charge is 0.496 e. The van der Waals surface area contributed by atoms with Gasteiger partial charge in [-0.3, -0.25) is 0 Å². The molecule has 1 aromatic carbocycles. The molecule has 0 aliphatic carbocycles. The minimum Gasteiger partial charge on any atom is -0.496 e. The molecule has 1 N–H and O–H groups in total. The number of rotatable bonds is 4. The number of halogens is 1. The summed E-state index contributed by atoms with van der Waals surface area (Å²) in [6, 6.07) is 4.01. The van der Waals surface area contributed by atoms with Crippen molar-refractivity contribution in [3.63, 3.8) is 0 Å². The Hall–Kier alpha value is -1.86. The van der Waals surface area contributed by atoms with Gasteiger partial charge in [0.25, 0.3) is 0 Å². The van der Waals surface area contributed by atoms with Gasteiger partial charge in [-0.15, -0.1) is 0 Å². The Bertz CT molecular complexity index is 638. The lowest BCUT2D eigenvalue weighted by Gasteiger charge is -2.32. The average Bonchev–Trinajstić information content (AvgIpc) is 2.65. The molecule has 0 unspecified atom stereocenters. The lowest BCUT2D eigenvalue weighted by atomic mass is 9.88. The molecule has 1 fully saturated rings. The van der Waals surface area contributed by atoms with Crippen molar-refractivity contribution in [3.05, 3.63) is 35.3 Å². The van der Waals surface area contributed by atoms with Gasteiger partial charge in [0.15, 0.2) is 0 Å². The van der Waals surface area contributed by atoms with Crippen LogP contribution in [0, 0.1) is 0 Å². The molecular weight excluding hydrogens is 302 g/mol. The maximum Gasteiger partial charge on any atom is 0.490 e. The molecule has 1 aliphatic heterocycles.